The number of benzene rings is 1. The zero-order valence-electron chi connectivity index (χ0n) is 14.3. The number of rotatable bonds is 9. The Hall–Kier alpha value is -2.08. The molecule has 0 aliphatic carbocycles. The molecule has 0 saturated heterocycles. The third kappa shape index (κ3) is 6.20. The predicted octanol–water partition coefficient (Wildman–Crippen LogP) is 3.85. The first kappa shape index (κ1) is 18.3. The number of carboxylic acids is 1. The molecule has 0 unspecified atom stereocenters. The summed E-state index contributed by atoms with van der Waals surface area (Å²) >= 11 is 1.65. The summed E-state index contributed by atoms with van der Waals surface area (Å²) in [6.07, 6.45) is 1.89. The van der Waals surface area contributed by atoms with Crippen molar-refractivity contribution in [2.75, 3.05) is 11.9 Å². The number of nitrogens with one attached hydrogen (secondary N) is 1. The first-order valence-corrected chi connectivity index (χ1v) is 8.95. The van der Waals surface area contributed by atoms with E-state index in [1.807, 2.05) is 24.3 Å². The molecule has 0 bridgehead atoms. The van der Waals surface area contributed by atoms with Crippen molar-refractivity contribution in [2.45, 2.75) is 39.7 Å². The van der Waals surface area contributed by atoms with Gasteiger partial charge in [-0.05, 0) is 50.3 Å². The molecule has 0 aliphatic heterocycles. The highest BCUT2D eigenvalue weighted by molar-refractivity contribution is 7.13. The summed E-state index contributed by atoms with van der Waals surface area (Å²) in [6, 6.07) is 8.00. The Bertz CT molecular complexity index is 653. The van der Waals surface area contributed by atoms with Crippen molar-refractivity contribution in [1.82, 2.24) is 4.98 Å². The van der Waals surface area contributed by atoms with Gasteiger partial charge in [-0.3, -0.25) is 0 Å². The fourth-order valence-corrected chi connectivity index (χ4v) is 3.28. The van der Waals surface area contributed by atoms with Crippen molar-refractivity contribution in [3.05, 3.63) is 40.9 Å². The van der Waals surface area contributed by atoms with Crippen molar-refractivity contribution in [2.24, 2.45) is 5.92 Å². The standard InChI is InChI=1S/C18H24N2O3S/c1-12(2)19-18-20-15(11-24-18)9-13(3)8-14-4-6-16(7-5-14)23-10-17(21)22/h4-7,11-13H,8-10H2,1-3H3,(H,19,20)(H,21,22)/t13-/m0/s1. The molecule has 130 valence electrons. The van der Waals surface area contributed by atoms with Gasteiger partial charge in [0, 0.05) is 11.4 Å². The Morgan fingerprint density at radius 3 is 2.58 bits per heavy atom. The van der Waals surface area contributed by atoms with Gasteiger partial charge < -0.3 is 15.2 Å². The van der Waals surface area contributed by atoms with E-state index in [9.17, 15) is 4.79 Å². The molecule has 5 nitrogen and oxygen atoms in total. The van der Waals surface area contributed by atoms with Gasteiger partial charge >= 0.3 is 5.97 Å². The summed E-state index contributed by atoms with van der Waals surface area (Å²) in [5, 5.41) is 15.0. The average Bonchev–Trinajstić information content (AvgIpc) is 2.92. The van der Waals surface area contributed by atoms with E-state index in [-0.39, 0.29) is 6.61 Å². The molecule has 1 atom stereocenters. The molecule has 0 radical (unpaired) electrons. The maximum atomic E-state index is 10.5. The van der Waals surface area contributed by atoms with Crippen LogP contribution in [0.2, 0.25) is 0 Å². The van der Waals surface area contributed by atoms with Gasteiger partial charge in [-0.1, -0.05) is 19.1 Å². The largest absolute Gasteiger partial charge is 0.482 e. The summed E-state index contributed by atoms with van der Waals surface area (Å²) in [7, 11) is 0. The second kappa shape index (κ2) is 8.68. The van der Waals surface area contributed by atoms with Gasteiger partial charge in [0.1, 0.15) is 5.75 Å². The predicted molar refractivity (Wildman–Crippen MR) is 97.0 cm³/mol. The van der Waals surface area contributed by atoms with E-state index in [0.717, 1.165) is 23.7 Å². The summed E-state index contributed by atoms with van der Waals surface area (Å²) in [5.41, 5.74) is 2.33. The van der Waals surface area contributed by atoms with Crippen LogP contribution in [-0.2, 0) is 17.6 Å². The molecule has 0 saturated carbocycles. The van der Waals surface area contributed by atoms with Crippen molar-refractivity contribution in [3.63, 3.8) is 0 Å². The minimum Gasteiger partial charge on any atom is -0.482 e. The third-order valence-corrected chi connectivity index (χ3v) is 4.21. The lowest BCUT2D eigenvalue weighted by molar-refractivity contribution is -0.139. The van der Waals surface area contributed by atoms with E-state index in [0.29, 0.717) is 17.7 Å². The molecule has 2 rings (SSSR count). The number of aliphatic carboxylic acids is 1. The van der Waals surface area contributed by atoms with Crippen molar-refractivity contribution in [3.8, 4) is 5.75 Å². The normalized spacial score (nSPS) is 12.2. The molecule has 2 N–H and O–H groups in total. The zero-order chi connectivity index (χ0) is 17.5. The topological polar surface area (TPSA) is 71.5 Å². The van der Waals surface area contributed by atoms with Crippen LogP contribution in [0.4, 0.5) is 5.13 Å². The lowest BCUT2D eigenvalue weighted by atomic mass is 9.97. The van der Waals surface area contributed by atoms with Crippen LogP contribution in [-0.4, -0.2) is 28.7 Å². The SMILES string of the molecule is CC(C)Nc1nc(C[C@@H](C)Cc2ccc(OCC(=O)O)cc2)cs1. The highest BCUT2D eigenvalue weighted by atomic mass is 32.1. The van der Waals surface area contributed by atoms with E-state index >= 15 is 0 Å². The molecule has 0 spiro atoms. The summed E-state index contributed by atoms with van der Waals surface area (Å²) in [4.78, 5) is 15.1. The van der Waals surface area contributed by atoms with Gasteiger partial charge in [0.15, 0.2) is 11.7 Å². The number of aromatic nitrogens is 1. The number of hydrogen-bond donors (Lipinski definition) is 2. The van der Waals surface area contributed by atoms with E-state index in [1.165, 1.54) is 5.56 Å². The van der Waals surface area contributed by atoms with Crippen LogP contribution in [0.25, 0.3) is 0 Å². The Labute approximate surface area is 146 Å². The number of hydrogen-bond acceptors (Lipinski definition) is 5. The van der Waals surface area contributed by atoms with Gasteiger partial charge in [0.05, 0.1) is 5.69 Å². The summed E-state index contributed by atoms with van der Waals surface area (Å²) in [5.74, 6) is 0.0878. The molecular weight excluding hydrogens is 324 g/mol. The lowest BCUT2D eigenvalue weighted by Gasteiger charge is -2.11. The van der Waals surface area contributed by atoms with E-state index in [1.54, 1.807) is 11.3 Å². The zero-order valence-corrected chi connectivity index (χ0v) is 15.1. The number of ether oxygens (including phenoxy) is 1. The Morgan fingerprint density at radius 1 is 1.25 bits per heavy atom. The minimum atomic E-state index is -0.970. The Balaban J connectivity index is 1.84. The highest BCUT2D eigenvalue weighted by Gasteiger charge is 2.09. The average molecular weight is 348 g/mol. The Morgan fingerprint density at radius 2 is 1.96 bits per heavy atom. The maximum absolute atomic E-state index is 10.5. The van der Waals surface area contributed by atoms with Crippen LogP contribution in [0.3, 0.4) is 0 Å². The number of carbonyl (C=O) groups is 1. The van der Waals surface area contributed by atoms with Crippen molar-refractivity contribution < 1.29 is 14.6 Å². The van der Waals surface area contributed by atoms with Crippen LogP contribution in [0.1, 0.15) is 32.0 Å². The Kier molecular flexibility index (Phi) is 6.61. The molecule has 0 fully saturated rings. The molecule has 1 aromatic carbocycles. The van der Waals surface area contributed by atoms with E-state index in [4.69, 9.17) is 9.84 Å². The van der Waals surface area contributed by atoms with E-state index < -0.39 is 5.97 Å². The number of thiazole rings is 1. The van der Waals surface area contributed by atoms with Crippen molar-refractivity contribution in [1.29, 1.82) is 0 Å². The fourth-order valence-electron chi connectivity index (χ4n) is 2.41. The molecular formula is C18H24N2O3S. The van der Waals surface area contributed by atoms with Gasteiger partial charge in [0.25, 0.3) is 0 Å². The molecule has 2 aromatic rings. The number of anilines is 1. The van der Waals surface area contributed by atoms with Gasteiger partial charge in [-0.2, -0.15) is 0 Å². The number of carboxylic acid groups (broad SMARTS) is 1. The van der Waals surface area contributed by atoms with Crippen molar-refractivity contribution >= 4 is 22.4 Å². The van der Waals surface area contributed by atoms with Gasteiger partial charge in [-0.15, -0.1) is 11.3 Å². The van der Waals surface area contributed by atoms with Gasteiger partial charge in [0.2, 0.25) is 0 Å². The quantitative estimate of drug-likeness (QED) is 0.720. The van der Waals surface area contributed by atoms with Crippen LogP contribution >= 0.6 is 11.3 Å². The molecule has 6 heteroatoms. The van der Waals surface area contributed by atoms with E-state index in [2.05, 4.69) is 36.5 Å². The molecule has 1 heterocycles. The minimum absolute atomic E-state index is 0.313. The smallest absolute Gasteiger partial charge is 0.341 e. The number of nitrogens with zero attached hydrogens (tertiary/aromatic N) is 1. The monoisotopic (exact) mass is 348 g/mol. The first-order chi connectivity index (χ1) is 11.4. The van der Waals surface area contributed by atoms with Crippen LogP contribution in [0, 0.1) is 5.92 Å². The first-order valence-electron chi connectivity index (χ1n) is 8.07. The summed E-state index contributed by atoms with van der Waals surface area (Å²) in [6.45, 7) is 6.11. The van der Waals surface area contributed by atoms with Gasteiger partial charge in [-0.25, -0.2) is 9.78 Å². The molecule has 24 heavy (non-hydrogen) atoms. The van der Waals surface area contributed by atoms with Crippen LogP contribution in [0.15, 0.2) is 29.6 Å². The fraction of sp³-hybridized carbons (Fsp3) is 0.444. The van der Waals surface area contributed by atoms with Crippen LogP contribution < -0.4 is 10.1 Å². The lowest BCUT2D eigenvalue weighted by Crippen LogP contribution is -2.10. The van der Waals surface area contributed by atoms with Crippen LogP contribution in [0.5, 0.6) is 5.75 Å². The third-order valence-electron chi connectivity index (χ3n) is 3.39. The maximum Gasteiger partial charge on any atom is 0.341 e. The molecule has 0 aliphatic rings. The molecule has 0 amide bonds. The highest BCUT2D eigenvalue weighted by Crippen LogP contribution is 2.21. The second-order valence-electron chi connectivity index (χ2n) is 6.28. The summed E-state index contributed by atoms with van der Waals surface area (Å²) < 4.78 is 5.14. The second-order valence-corrected chi connectivity index (χ2v) is 7.14. The molecule has 1 aromatic heterocycles.